The molecule has 0 radical (unpaired) electrons. The molecule has 0 fully saturated rings. The van der Waals surface area contributed by atoms with Crippen LogP contribution in [0.5, 0.6) is 11.5 Å². The first-order valence-corrected chi connectivity index (χ1v) is 8.63. The SMILES string of the molecule is CC(C)(C)c1ccccc1OCCOc1ccc(Cl)cc1CCN. The highest BCUT2D eigenvalue weighted by molar-refractivity contribution is 6.30. The standard InChI is InChI=1S/C20H26ClNO2/c1-20(2,3)17-6-4-5-7-19(17)24-13-12-23-18-9-8-16(21)14-15(18)10-11-22/h4-9,14H,10-13,22H2,1-3H3. The van der Waals surface area contributed by atoms with Crippen molar-refractivity contribution in [2.75, 3.05) is 19.8 Å². The van der Waals surface area contributed by atoms with Gasteiger partial charge in [0.05, 0.1) is 0 Å². The van der Waals surface area contributed by atoms with Crippen LogP contribution in [0.25, 0.3) is 0 Å². The van der Waals surface area contributed by atoms with Crippen LogP contribution in [-0.2, 0) is 11.8 Å². The topological polar surface area (TPSA) is 44.5 Å². The third-order valence-corrected chi connectivity index (χ3v) is 3.96. The number of nitrogens with two attached hydrogens (primary N) is 1. The third-order valence-electron chi connectivity index (χ3n) is 3.73. The average molecular weight is 348 g/mol. The van der Waals surface area contributed by atoms with Crippen molar-refractivity contribution in [3.05, 3.63) is 58.6 Å². The Morgan fingerprint density at radius 1 is 0.958 bits per heavy atom. The number of halogens is 1. The van der Waals surface area contributed by atoms with E-state index in [1.807, 2.05) is 36.4 Å². The molecule has 0 spiro atoms. The number of para-hydroxylation sites is 1. The second kappa shape index (κ2) is 8.41. The molecule has 0 aliphatic heterocycles. The molecule has 2 aromatic carbocycles. The summed E-state index contributed by atoms with van der Waals surface area (Å²) in [5.74, 6) is 1.73. The van der Waals surface area contributed by atoms with Gasteiger partial charge in [0.2, 0.25) is 0 Å². The Morgan fingerprint density at radius 3 is 2.29 bits per heavy atom. The molecular formula is C20H26ClNO2. The quantitative estimate of drug-likeness (QED) is 0.744. The van der Waals surface area contributed by atoms with Crippen molar-refractivity contribution < 1.29 is 9.47 Å². The molecule has 0 aliphatic carbocycles. The van der Waals surface area contributed by atoms with Gasteiger partial charge in [-0.25, -0.2) is 0 Å². The van der Waals surface area contributed by atoms with Gasteiger partial charge < -0.3 is 15.2 Å². The van der Waals surface area contributed by atoms with Crippen LogP contribution < -0.4 is 15.2 Å². The second-order valence-electron chi connectivity index (χ2n) is 6.73. The zero-order chi connectivity index (χ0) is 17.6. The predicted octanol–water partition coefficient (Wildman–Crippen LogP) is 4.60. The van der Waals surface area contributed by atoms with Gasteiger partial charge in [-0.15, -0.1) is 0 Å². The van der Waals surface area contributed by atoms with Gasteiger partial charge in [0.25, 0.3) is 0 Å². The first-order valence-electron chi connectivity index (χ1n) is 8.25. The summed E-state index contributed by atoms with van der Waals surface area (Å²) in [4.78, 5) is 0. The number of ether oxygens (including phenoxy) is 2. The number of hydrogen-bond acceptors (Lipinski definition) is 3. The second-order valence-corrected chi connectivity index (χ2v) is 7.17. The molecule has 130 valence electrons. The molecule has 2 rings (SSSR count). The lowest BCUT2D eigenvalue weighted by molar-refractivity contribution is 0.213. The molecule has 0 aromatic heterocycles. The van der Waals surface area contributed by atoms with Gasteiger partial charge in [-0.3, -0.25) is 0 Å². The van der Waals surface area contributed by atoms with Crippen molar-refractivity contribution in [3.63, 3.8) is 0 Å². The summed E-state index contributed by atoms with van der Waals surface area (Å²) < 4.78 is 11.8. The molecule has 0 amide bonds. The molecule has 0 unspecified atom stereocenters. The van der Waals surface area contributed by atoms with Crippen LogP contribution in [0.4, 0.5) is 0 Å². The van der Waals surface area contributed by atoms with Crippen molar-refractivity contribution in [3.8, 4) is 11.5 Å². The van der Waals surface area contributed by atoms with E-state index >= 15 is 0 Å². The van der Waals surface area contributed by atoms with Crippen LogP contribution in [0, 0.1) is 0 Å². The molecule has 0 aliphatic rings. The van der Waals surface area contributed by atoms with Gasteiger partial charge >= 0.3 is 0 Å². The van der Waals surface area contributed by atoms with E-state index in [1.165, 1.54) is 5.56 Å². The Hall–Kier alpha value is -1.71. The highest BCUT2D eigenvalue weighted by atomic mass is 35.5. The van der Waals surface area contributed by atoms with E-state index in [0.29, 0.717) is 24.8 Å². The van der Waals surface area contributed by atoms with Gasteiger partial charge in [0.1, 0.15) is 24.7 Å². The highest BCUT2D eigenvalue weighted by Crippen LogP contribution is 2.31. The molecule has 0 heterocycles. The fourth-order valence-electron chi connectivity index (χ4n) is 2.56. The third kappa shape index (κ3) is 5.15. The number of rotatable bonds is 7. The van der Waals surface area contributed by atoms with E-state index in [0.717, 1.165) is 23.5 Å². The van der Waals surface area contributed by atoms with E-state index < -0.39 is 0 Å². The molecule has 0 atom stereocenters. The van der Waals surface area contributed by atoms with Crippen LogP contribution in [0.1, 0.15) is 31.9 Å². The molecule has 24 heavy (non-hydrogen) atoms. The largest absolute Gasteiger partial charge is 0.490 e. The van der Waals surface area contributed by atoms with Crippen molar-refractivity contribution >= 4 is 11.6 Å². The Kier molecular flexibility index (Phi) is 6.52. The summed E-state index contributed by atoms with van der Waals surface area (Å²) in [5.41, 5.74) is 7.91. The minimum atomic E-state index is 0.0436. The smallest absolute Gasteiger partial charge is 0.123 e. The van der Waals surface area contributed by atoms with Crippen molar-refractivity contribution in [1.82, 2.24) is 0 Å². The van der Waals surface area contributed by atoms with Crippen LogP contribution in [0.3, 0.4) is 0 Å². The van der Waals surface area contributed by atoms with Crippen LogP contribution in [0.15, 0.2) is 42.5 Å². The lowest BCUT2D eigenvalue weighted by Crippen LogP contribution is -2.16. The van der Waals surface area contributed by atoms with Crippen LogP contribution in [0.2, 0.25) is 5.02 Å². The lowest BCUT2D eigenvalue weighted by Gasteiger charge is -2.22. The normalized spacial score (nSPS) is 11.4. The van der Waals surface area contributed by atoms with Crippen LogP contribution in [-0.4, -0.2) is 19.8 Å². The van der Waals surface area contributed by atoms with E-state index in [2.05, 4.69) is 26.8 Å². The molecule has 0 saturated heterocycles. The zero-order valence-corrected chi connectivity index (χ0v) is 15.4. The summed E-state index contributed by atoms with van der Waals surface area (Å²) in [6.45, 7) is 8.05. The molecule has 3 nitrogen and oxygen atoms in total. The minimum absolute atomic E-state index is 0.0436. The van der Waals surface area contributed by atoms with Crippen molar-refractivity contribution in [2.24, 2.45) is 5.73 Å². The first kappa shape index (κ1) is 18.6. The monoisotopic (exact) mass is 347 g/mol. The van der Waals surface area contributed by atoms with Gasteiger partial charge in [-0.05, 0) is 53.8 Å². The van der Waals surface area contributed by atoms with Gasteiger partial charge in [0.15, 0.2) is 0 Å². The Bertz CT molecular complexity index is 665. The minimum Gasteiger partial charge on any atom is -0.490 e. The maximum absolute atomic E-state index is 6.03. The van der Waals surface area contributed by atoms with E-state index in [1.54, 1.807) is 0 Å². The Morgan fingerprint density at radius 2 is 1.62 bits per heavy atom. The number of hydrogen-bond donors (Lipinski definition) is 1. The lowest BCUT2D eigenvalue weighted by atomic mass is 9.86. The van der Waals surface area contributed by atoms with Crippen molar-refractivity contribution in [2.45, 2.75) is 32.6 Å². The number of benzene rings is 2. The van der Waals surface area contributed by atoms with Gasteiger partial charge in [0, 0.05) is 5.02 Å². The highest BCUT2D eigenvalue weighted by Gasteiger charge is 2.18. The summed E-state index contributed by atoms with van der Waals surface area (Å²) >= 11 is 6.03. The molecule has 2 aromatic rings. The molecular weight excluding hydrogens is 322 g/mol. The fraction of sp³-hybridized carbons (Fsp3) is 0.400. The van der Waals surface area contributed by atoms with E-state index in [-0.39, 0.29) is 5.41 Å². The average Bonchev–Trinajstić information content (AvgIpc) is 2.53. The van der Waals surface area contributed by atoms with Crippen LogP contribution >= 0.6 is 11.6 Å². The summed E-state index contributed by atoms with van der Waals surface area (Å²) in [7, 11) is 0. The summed E-state index contributed by atoms with van der Waals surface area (Å²) in [6.07, 6.45) is 0.740. The molecule has 0 bridgehead atoms. The van der Waals surface area contributed by atoms with Gasteiger partial charge in [-0.1, -0.05) is 50.6 Å². The first-order chi connectivity index (χ1) is 11.4. The predicted molar refractivity (Wildman–Crippen MR) is 100 cm³/mol. The Balaban J connectivity index is 1.95. The molecule has 4 heteroatoms. The fourth-order valence-corrected chi connectivity index (χ4v) is 2.75. The maximum Gasteiger partial charge on any atom is 0.123 e. The van der Waals surface area contributed by atoms with E-state index in [4.69, 9.17) is 26.8 Å². The van der Waals surface area contributed by atoms with Crippen molar-refractivity contribution in [1.29, 1.82) is 0 Å². The van der Waals surface area contributed by atoms with Gasteiger partial charge in [-0.2, -0.15) is 0 Å². The maximum atomic E-state index is 6.03. The Labute approximate surface area is 149 Å². The summed E-state index contributed by atoms with van der Waals surface area (Å²) in [6, 6.07) is 13.8. The zero-order valence-electron chi connectivity index (χ0n) is 14.6. The molecule has 0 saturated carbocycles. The summed E-state index contributed by atoms with van der Waals surface area (Å²) in [5, 5.41) is 0.696. The van der Waals surface area contributed by atoms with E-state index in [9.17, 15) is 0 Å². The molecule has 2 N–H and O–H groups in total.